The van der Waals surface area contributed by atoms with Crippen LogP contribution in [0.3, 0.4) is 0 Å². The quantitative estimate of drug-likeness (QED) is 0.820. The van der Waals surface area contributed by atoms with E-state index in [0.717, 1.165) is 19.3 Å². The van der Waals surface area contributed by atoms with E-state index in [-0.39, 0.29) is 22.9 Å². The highest BCUT2D eigenvalue weighted by Crippen LogP contribution is 2.36. The van der Waals surface area contributed by atoms with Gasteiger partial charge < -0.3 is 9.64 Å². The van der Waals surface area contributed by atoms with Gasteiger partial charge in [0.05, 0.1) is 17.1 Å². The summed E-state index contributed by atoms with van der Waals surface area (Å²) in [6, 6.07) is 4.76. The van der Waals surface area contributed by atoms with Gasteiger partial charge in [0, 0.05) is 19.0 Å². The van der Waals surface area contributed by atoms with Gasteiger partial charge in [0.25, 0.3) is 0 Å². The molecule has 1 amide bonds. The molecule has 3 rings (SSSR count). The summed E-state index contributed by atoms with van der Waals surface area (Å²) in [5.74, 6) is 0.434. The molecule has 0 N–H and O–H groups in total. The Hall–Kier alpha value is -1.60. The Kier molecular flexibility index (Phi) is 4.57. The van der Waals surface area contributed by atoms with Crippen LogP contribution in [0.5, 0.6) is 5.75 Å². The number of sulfonamides is 1. The average Bonchev–Trinajstić information content (AvgIpc) is 2.53. The first-order valence-electron chi connectivity index (χ1n) is 8.41. The van der Waals surface area contributed by atoms with Crippen molar-refractivity contribution in [2.45, 2.75) is 57.0 Å². The number of anilines is 1. The van der Waals surface area contributed by atoms with Crippen molar-refractivity contribution in [1.82, 2.24) is 4.31 Å². The zero-order valence-corrected chi connectivity index (χ0v) is 15.2. The fraction of sp³-hybridized carbons (Fsp3) is 0.588. The molecule has 0 radical (unpaired) electrons. The Bertz CT molecular complexity index is 737. The summed E-state index contributed by atoms with van der Waals surface area (Å²) in [5, 5.41) is 0. The lowest BCUT2D eigenvalue weighted by Crippen LogP contribution is -2.47. The van der Waals surface area contributed by atoms with Crippen LogP contribution in [0.2, 0.25) is 0 Å². The van der Waals surface area contributed by atoms with E-state index >= 15 is 0 Å². The van der Waals surface area contributed by atoms with Gasteiger partial charge in [0.2, 0.25) is 15.9 Å². The Morgan fingerprint density at radius 3 is 2.50 bits per heavy atom. The number of carbonyl (C=O) groups excluding carboxylic acids is 1. The predicted octanol–water partition coefficient (Wildman–Crippen LogP) is 2.38. The maximum atomic E-state index is 13.2. The maximum absolute atomic E-state index is 13.2. The Morgan fingerprint density at radius 1 is 1.21 bits per heavy atom. The van der Waals surface area contributed by atoms with E-state index in [4.69, 9.17) is 4.74 Å². The molecule has 2 aliphatic rings. The van der Waals surface area contributed by atoms with E-state index in [1.165, 1.54) is 6.92 Å². The highest BCUT2D eigenvalue weighted by molar-refractivity contribution is 7.89. The van der Waals surface area contributed by atoms with Crippen molar-refractivity contribution in [3.63, 3.8) is 0 Å². The van der Waals surface area contributed by atoms with Gasteiger partial charge in [-0.1, -0.05) is 6.42 Å². The van der Waals surface area contributed by atoms with E-state index in [2.05, 4.69) is 0 Å². The van der Waals surface area contributed by atoms with Gasteiger partial charge in [-0.25, -0.2) is 8.42 Å². The molecule has 0 saturated carbocycles. The van der Waals surface area contributed by atoms with Crippen molar-refractivity contribution in [1.29, 1.82) is 0 Å². The third-order valence-corrected chi connectivity index (χ3v) is 6.99. The van der Waals surface area contributed by atoms with Crippen molar-refractivity contribution in [3.05, 3.63) is 18.2 Å². The first-order chi connectivity index (χ1) is 11.3. The van der Waals surface area contributed by atoms with Crippen LogP contribution >= 0.6 is 0 Å². The van der Waals surface area contributed by atoms with Crippen LogP contribution in [0.4, 0.5) is 5.69 Å². The van der Waals surface area contributed by atoms with Crippen LogP contribution in [0.25, 0.3) is 0 Å². The molecule has 2 aliphatic heterocycles. The van der Waals surface area contributed by atoms with Crippen molar-refractivity contribution < 1.29 is 17.9 Å². The van der Waals surface area contributed by atoms with Gasteiger partial charge in [-0.15, -0.1) is 0 Å². The van der Waals surface area contributed by atoms with Crippen LogP contribution < -0.4 is 9.64 Å². The molecular formula is C17H24N2O4S. The van der Waals surface area contributed by atoms with Crippen LogP contribution in [-0.2, 0) is 14.8 Å². The summed E-state index contributed by atoms with van der Waals surface area (Å²) in [7, 11) is -3.60. The fourth-order valence-corrected chi connectivity index (χ4v) is 5.58. The SMILES string of the molecule is CC(=O)N1CCOc2ccc(S(=O)(=O)N3C(C)CCCC3C)cc21. The zero-order chi connectivity index (χ0) is 17.5. The van der Waals surface area contributed by atoms with Crippen LogP contribution in [0.1, 0.15) is 40.0 Å². The number of hydrogen-bond donors (Lipinski definition) is 0. The number of rotatable bonds is 2. The smallest absolute Gasteiger partial charge is 0.243 e. The molecule has 7 heteroatoms. The number of ether oxygens (including phenoxy) is 1. The standard InChI is InChI=1S/C17H24N2O4S/c1-12-5-4-6-13(2)19(12)24(21,22)15-7-8-17-16(11-15)18(14(3)20)9-10-23-17/h7-8,11-13H,4-6,9-10H2,1-3H3. The largest absolute Gasteiger partial charge is 0.490 e. The van der Waals surface area contributed by atoms with Crippen LogP contribution in [0.15, 0.2) is 23.1 Å². The first kappa shape index (κ1) is 17.2. The van der Waals surface area contributed by atoms with Gasteiger partial charge >= 0.3 is 0 Å². The molecule has 132 valence electrons. The lowest BCUT2D eigenvalue weighted by molar-refractivity contribution is -0.116. The van der Waals surface area contributed by atoms with Crippen LogP contribution in [-0.4, -0.2) is 43.9 Å². The molecule has 2 atom stereocenters. The number of hydrogen-bond acceptors (Lipinski definition) is 4. The summed E-state index contributed by atoms with van der Waals surface area (Å²) in [5.41, 5.74) is 0.534. The van der Waals surface area contributed by atoms with Gasteiger partial charge in [0.15, 0.2) is 0 Å². The molecule has 0 aromatic heterocycles. The number of piperidine rings is 1. The van der Waals surface area contributed by atoms with E-state index in [0.29, 0.717) is 24.6 Å². The van der Waals surface area contributed by atoms with Crippen LogP contribution in [0, 0.1) is 0 Å². The summed E-state index contributed by atoms with van der Waals surface area (Å²) in [4.78, 5) is 13.6. The van der Waals surface area contributed by atoms with E-state index in [9.17, 15) is 13.2 Å². The number of nitrogens with zero attached hydrogens (tertiary/aromatic N) is 2. The van der Waals surface area contributed by atoms with E-state index in [1.807, 2.05) is 13.8 Å². The zero-order valence-electron chi connectivity index (χ0n) is 14.4. The molecule has 2 unspecified atom stereocenters. The molecule has 6 nitrogen and oxygen atoms in total. The number of carbonyl (C=O) groups is 1. The molecule has 0 bridgehead atoms. The number of amides is 1. The minimum Gasteiger partial charge on any atom is -0.490 e. The molecular weight excluding hydrogens is 328 g/mol. The maximum Gasteiger partial charge on any atom is 0.243 e. The van der Waals surface area contributed by atoms with Crippen molar-refractivity contribution >= 4 is 21.6 Å². The van der Waals surface area contributed by atoms with Gasteiger partial charge in [-0.3, -0.25) is 4.79 Å². The second kappa shape index (κ2) is 6.37. The normalized spacial score (nSPS) is 25.0. The molecule has 1 saturated heterocycles. The average molecular weight is 352 g/mol. The van der Waals surface area contributed by atoms with E-state index < -0.39 is 10.0 Å². The summed E-state index contributed by atoms with van der Waals surface area (Å²) < 4.78 is 33.5. The second-order valence-corrected chi connectivity index (χ2v) is 8.46. The third kappa shape index (κ3) is 2.91. The Balaban J connectivity index is 2.03. The minimum absolute atomic E-state index is 0.0186. The molecule has 0 spiro atoms. The van der Waals surface area contributed by atoms with Gasteiger partial charge in [-0.05, 0) is 44.9 Å². The molecule has 1 aromatic carbocycles. The summed E-state index contributed by atoms with van der Waals surface area (Å²) >= 11 is 0. The molecule has 1 aromatic rings. The fourth-order valence-electron chi connectivity index (χ4n) is 3.68. The number of benzene rings is 1. The molecule has 0 aliphatic carbocycles. The molecule has 1 fully saturated rings. The summed E-state index contributed by atoms with van der Waals surface area (Å²) in [6.07, 6.45) is 2.79. The monoisotopic (exact) mass is 352 g/mol. The van der Waals surface area contributed by atoms with Crippen molar-refractivity contribution in [2.75, 3.05) is 18.1 Å². The van der Waals surface area contributed by atoms with Gasteiger partial charge in [-0.2, -0.15) is 4.31 Å². The number of fused-ring (bicyclic) bond motifs is 1. The first-order valence-corrected chi connectivity index (χ1v) is 9.85. The van der Waals surface area contributed by atoms with E-state index in [1.54, 1.807) is 27.4 Å². The minimum atomic E-state index is -3.60. The predicted molar refractivity (Wildman–Crippen MR) is 91.8 cm³/mol. The lowest BCUT2D eigenvalue weighted by Gasteiger charge is -2.38. The highest BCUT2D eigenvalue weighted by atomic mass is 32.2. The van der Waals surface area contributed by atoms with Crippen molar-refractivity contribution in [3.8, 4) is 5.75 Å². The van der Waals surface area contributed by atoms with Crippen molar-refractivity contribution in [2.24, 2.45) is 0 Å². The highest BCUT2D eigenvalue weighted by Gasteiger charge is 2.36. The Labute approximate surface area is 143 Å². The lowest BCUT2D eigenvalue weighted by atomic mass is 10.0. The summed E-state index contributed by atoms with van der Waals surface area (Å²) in [6.45, 7) is 6.24. The third-order valence-electron chi connectivity index (χ3n) is 4.86. The topological polar surface area (TPSA) is 66.9 Å². The Morgan fingerprint density at radius 2 is 1.88 bits per heavy atom. The molecule has 24 heavy (non-hydrogen) atoms. The molecule has 2 heterocycles. The van der Waals surface area contributed by atoms with Gasteiger partial charge in [0.1, 0.15) is 12.4 Å². The second-order valence-electron chi connectivity index (χ2n) is 6.61.